The van der Waals surface area contributed by atoms with Crippen molar-refractivity contribution in [2.75, 3.05) is 18.0 Å². The normalized spacial score (nSPS) is 21.3. The van der Waals surface area contributed by atoms with Crippen molar-refractivity contribution in [1.29, 1.82) is 0 Å². The SMILES string of the molecule is CCCNS(=O)(=O)c1cccc(Oc2ccc3c(c2)S(O)(O)NC2CCCN32)c1. The van der Waals surface area contributed by atoms with E-state index in [1.165, 1.54) is 12.1 Å². The van der Waals surface area contributed by atoms with Gasteiger partial charge in [-0.15, -0.1) is 10.8 Å². The molecule has 2 heterocycles. The van der Waals surface area contributed by atoms with Gasteiger partial charge in [0.05, 0.1) is 16.7 Å². The largest absolute Gasteiger partial charge is 0.457 e. The number of nitrogens with one attached hydrogen (secondary N) is 2. The summed E-state index contributed by atoms with van der Waals surface area (Å²) in [6.45, 7) is 3.10. The van der Waals surface area contributed by atoms with Gasteiger partial charge in [0.2, 0.25) is 10.0 Å². The van der Waals surface area contributed by atoms with E-state index in [1.54, 1.807) is 24.3 Å². The number of fused-ring (bicyclic) bond motifs is 3. The molecule has 2 aliphatic heterocycles. The van der Waals surface area contributed by atoms with Crippen LogP contribution in [0.3, 0.4) is 0 Å². The second-order valence-electron chi connectivity index (χ2n) is 7.12. The Morgan fingerprint density at radius 1 is 1.24 bits per heavy atom. The predicted molar refractivity (Wildman–Crippen MR) is 113 cm³/mol. The second kappa shape index (κ2) is 7.78. The summed E-state index contributed by atoms with van der Waals surface area (Å²) in [5.74, 6) is 0.753. The van der Waals surface area contributed by atoms with Crippen molar-refractivity contribution in [3.05, 3.63) is 42.5 Å². The predicted octanol–water partition coefficient (Wildman–Crippen LogP) is 3.72. The molecule has 29 heavy (non-hydrogen) atoms. The first kappa shape index (κ1) is 20.5. The molecule has 10 heteroatoms. The Morgan fingerprint density at radius 2 is 2.03 bits per heavy atom. The monoisotopic (exact) mass is 439 g/mol. The third-order valence-corrected chi connectivity index (χ3v) is 7.99. The van der Waals surface area contributed by atoms with E-state index in [0.29, 0.717) is 29.4 Å². The number of nitrogens with zero attached hydrogens (tertiary/aromatic N) is 1. The average molecular weight is 440 g/mol. The average Bonchev–Trinajstić information content (AvgIpc) is 3.14. The van der Waals surface area contributed by atoms with Gasteiger partial charge >= 0.3 is 0 Å². The third-order valence-electron chi connectivity index (χ3n) is 4.99. The maximum atomic E-state index is 12.3. The number of sulfonamides is 1. The Bertz CT molecular complexity index is 1010. The minimum absolute atomic E-state index is 0.0724. The van der Waals surface area contributed by atoms with Crippen LogP contribution in [0.5, 0.6) is 11.5 Å². The van der Waals surface area contributed by atoms with Crippen LogP contribution in [0.4, 0.5) is 5.69 Å². The van der Waals surface area contributed by atoms with Crippen LogP contribution >= 0.6 is 10.8 Å². The number of benzene rings is 2. The minimum atomic E-state index is -3.60. The lowest BCUT2D eigenvalue weighted by Gasteiger charge is -2.46. The van der Waals surface area contributed by atoms with Crippen molar-refractivity contribution in [2.24, 2.45) is 0 Å². The van der Waals surface area contributed by atoms with E-state index in [2.05, 4.69) is 14.3 Å². The van der Waals surface area contributed by atoms with E-state index in [1.807, 2.05) is 13.0 Å². The molecule has 0 spiro atoms. The summed E-state index contributed by atoms with van der Waals surface area (Å²) in [6, 6.07) is 11.4. The van der Waals surface area contributed by atoms with Crippen molar-refractivity contribution in [3.63, 3.8) is 0 Å². The van der Waals surface area contributed by atoms with Crippen LogP contribution in [-0.2, 0) is 10.0 Å². The zero-order valence-electron chi connectivity index (χ0n) is 16.0. The van der Waals surface area contributed by atoms with Crippen LogP contribution in [0.15, 0.2) is 52.3 Å². The van der Waals surface area contributed by atoms with Gasteiger partial charge in [-0.3, -0.25) is 9.11 Å². The highest BCUT2D eigenvalue weighted by molar-refractivity contribution is 8.22. The molecule has 1 unspecified atom stereocenters. The lowest BCUT2D eigenvalue weighted by Crippen LogP contribution is -2.46. The molecule has 2 aliphatic rings. The number of hydrogen-bond acceptors (Lipinski definition) is 7. The van der Waals surface area contributed by atoms with Gasteiger partial charge in [-0.1, -0.05) is 13.0 Å². The Balaban J connectivity index is 1.61. The Kier molecular flexibility index (Phi) is 5.49. The maximum Gasteiger partial charge on any atom is 0.240 e. The van der Waals surface area contributed by atoms with Crippen LogP contribution < -0.4 is 19.1 Å². The lowest BCUT2D eigenvalue weighted by atomic mass is 10.2. The molecular weight excluding hydrogens is 414 g/mol. The van der Waals surface area contributed by atoms with Gasteiger partial charge in [0.15, 0.2) is 0 Å². The van der Waals surface area contributed by atoms with E-state index < -0.39 is 20.8 Å². The Labute approximate surface area is 172 Å². The van der Waals surface area contributed by atoms with Gasteiger partial charge < -0.3 is 9.64 Å². The maximum absolute atomic E-state index is 12.3. The van der Waals surface area contributed by atoms with Crippen LogP contribution in [0.1, 0.15) is 26.2 Å². The highest BCUT2D eigenvalue weighted by Crippen LogP contribution is 2.55. The number of ether oxygens (including phenoxy) is 1. The van der Waals surface area contributed by atoms with Gasteiger partial charge in [-0.25, -0.2) is 13.1 Å². The summed E-state index contributed by atoms with van der Waals surface area (Å²) in [4.78, 5) is 2.64. The zero-order chi connectivity index (χ0) is 20.6. The first-order valence-corrected chi connectivity index (χ1v) is 12.6. The molecule has 0 bridgehead atoms. The molecule has 2 aromatic rings. The first-order chi connectivity index (χ1) is 13.8. The van der Waals surface area contributed by atoms with Crippen LogP contribution in [0.25, 0.3) is 0 Å². The minimum Gasteiger partial charge on any atom is -0.457 e. The molecule has 1 saturated heterocycles. The van der Waals surface area contributed by atoms with E-state index in [-0.39, 0.29) is 11.1 Å². The van der Waals surface area contributed by atoms with E-state index in [4.69, 9.17) is 4.74 Å². The topological polar surface area (TPSA) is 111 Å². The summed E-state index contributed by atoms with van der Waals surface area (Å²) in [5, 5.41) is 0. The smallest absolute Gasteiger partial charge is 0.240 e. The van der Waals surface area contributed by atoms with Gasteiger partial charge in [0.25, 0.3) is 0 Å². The number of hydrogen-bond donors (Lipinski definition) is 4. The molecular formula is C19H25N3O5S2. The van der Waals surface area contributed by atoms with Crippen LogP contribution in [0, 0.1) is 0 Å². The molecule has 8 nitrogen and oxygen atoms in total. The highest BCUT2D eigenvalue weighted by Gasteiger charge is 2.38. The van der Waals surface area contributed by atoms with Crippen molar-refractivity contribution in [3.8, 4) is 11.5 Å². The molecule has 4 rings (SSSR count). The van der Waals surface area contributed by atoms with E-state index >= 15 is 0 Å². The fourth-order valence-corrected chi connectivity index (χ4v) is 6.29. The van der Waals surface area contributed by atoms with Crippen molar-refractivity contribution in [1.82, 2.24) is 9.44 Å². The van der Waals surface area contributed by atoms with Crippen LogP contribution in [-0.4, -0.2) is 36.8 Å². The zero-order valence-corrected chi connectivity index (χ0v) is 17.7. The summed E-state index contributed by atoms with van der Waals surface area (Å²) in [7, 11) is -6.73. The van der Waals surface area contributed by atoms with Gasteiger partial charge in [0, 0.05) is 25.2 Å². The van der Waals surface area contributed by atoms with Gasteiger partial charge in [-0.2, -0.15) is 4.72 Å². The molecule has 0 amide bonds. The molecule has 158 valence electrons. The number of anilines is 1. The fourth-order valence-electron chi connectivity index (χ4n) is 3.61. The van der Waals surface area contributed by atoms with E-state index in [9.17, 15) is 17.5 Å². The quantitative estimate of drug-likeness (QED) is 0.543. The summed E-state index contributed by atoms with van der Waals surface area (Å²) in [5.41, 5.74) is 0.790. The van der Waals surface area contributed by atoms with Gasteiger partial charge in [-0.05, 0) is 43.5 Å². The van der Waals surface area contributed by atoms with Gasteiger partial charge in [0.1, 0.15) is 16.4 Å². The standard InChI is InChI=1S/C19H25N3O5S2/c1-2-10-20-28(23,24)16-6-3-5-14(12-16)27-15-8-9-17-18(13-15)29(25,26)21-19-7-4-11-22(17)19/h3,5-6,8-9,12-13,19-21,25-26H,2,4,7,10-11H2,1H3. The summed E-state index contributed by atoms with van der Waals surface area (Å²) >= 11 is 0. The molecule has 0 aromatic heterocycles. The highest BCUT2D eigenvalue weighted by atomic mass is 32.3. The molecule has 0 saturated carbocycles. The van der Waals surface area contributed by atoms with Crippen molar-refractivity contribution < 1.29 is 22.3 Å². The number of rotatable bonds is 6. The molecule has 0 aliphatic carbocycles. The Morgan fingerprint density at radius 3 is 2.83 bits per heavy atom. The second-order valence-corrected chi connectivity index (χ2v) is 10.7. The molecule has 0 radical (unpaired) electrons. The lowest BCUT2D eigenvalue weighted by molar-refractivity contribution is 0.439. The van der Waals surface area contributed by atoms with Crippen molar-refractivity contribution in [2.45, 2.75) is 42.1 Å². The van der Waals surface area contributed by atoms with Crippen molar-refractivity contribution >= 4 is 26.5 Å². The third kappa shape index (κ3) is 4.09. The van der Waals surface area contributed by atoms with E-state index in [0.717, 1.165) is 25.1 Å². The summed E-state index contributed by atoms with van der Waals surface area (Å²) in [6.07, 6.45) is 2.47. The molecule has 2 aromatic carbocycles. The summed E-state index contributed by atoms with van der Waals surface area (Å²) < 4.78 is 57.1. The fraction of sp³-hybridized carbons (Fsp3) is 0.368. The van der Waals surface area contributed by atoms with Crippen LogP contribution in [0.2, 0.25) is 0 Å². The molecule has 4 N–H and O–H groups in total. The first-order valence-electron chi connectivity index (χ1n) is 9.54. The molecule has 1 atom stereocenters. The molecule has 1 fully saturated rings. The Hall–Kier alpha value is -1.82.